The SMILES string of the molecule is CCOc1nc([C@@H](CSC)N2C(=O)c3cccc(NC)c3C2=O)ccc1OC. The number of benzene rings is 1. The molecule has 1 aliphatic heterocycles. The maximum absolute atomic E-state index is 13.2. The van der Waals surface area contributed by atoms with E-state index in [1.807, 2.05) is 13.2 Å². The average molecular weight is 401 g/mol. The number of hydrogen-bond acceptors (Lipinski definition) is 7. The zero-order chi connectivity index (χ0) is 20.3. The van der Waals surface area contributed by atoms with Crippen molar-refractivity contribution in [2.45, 2.75) is 13.0 Å². The van der Waals surface area contributed by atoms with Gasteiger partial charge in [0.15, 0.2) is 5.75 Å². The molecule has 2 amide bonds. The van der Waals surface area contributed by atoms with E-state index in [0.29, 0.717) is 46.5 Å². The molecule has 0 spiro atoms. The molecule has 0 aliphatic carbocycles. The van der Waals surface area contributed by atoms with Crippen LogP contribution in [-0.2, 0) is 0 Å². The predicted molar refractivity (Wildman–Crippen MR) is 110 cm³/mol. The van der Waals surface area contributed by atoms with E-state index in [9.17, 15) is 9.59 Å². The minimum atomic E-state index is -0.516. The summed E-state index contributed by atoms with van der Waals surface area (Å²) in [5.74, 6) is 0.742. The fourth-order valence-corrected chi connectivity index (χ4v) is 3.90. The van der Waals surface area contributed by atoms with Crippen LogP contribution in [0.15, 0.2) is 30.3 Å². The quantitative estimate of drug-likeness (QED) is 0.680. The number of nitrogens with one attached hydrogen (secondary N) is 1. The topological polar surface area (TPSA) is 80.8 Å². The van der Waals surface area contributed by atoms with Crippen LogP contribution in [0.1, 0.15) is 39.4 Å². The number of pyridine rings is 1. The van der Waals surface area contributed by atoms with Gasteiger partial charge in [-0.25, -0.2) is 4.98 Å². The van der Waals surface area contributed by atoms with Crippen LogP contribution < -0.4 is 14.8 Å². The molecule has 1 aromatic heterocycles. The van der Waals surface area contributed by atoms with E-state index in [2.05, 4.69) is 10.3 Å². The van der Waals surface area contributed by atoms with E-state index in [-0.39, 0.29) is 11.8 Å². The number of anilines is 1. The molecule has 0 unspecified atom stereocenters. The van der Waals surface area contributed by atoms with Gasteiger partial charge in [0.1, 0.15) is 0 Å². The Kier molecular flexibility index (Phi) is 6.08. The first-order valence-corrected chi connectivity index (χ1v) is 10.3. The molecular formula is C20H23N3O4S. The lowest BCUT2D eigenvalue weighted by Crippen LogP contribution is -2.36. The predicted octanol–water partition coefficient (Wildman–Crippen LogP) is 3.23. The Morgan fingerprint density at radius 3 is 2.64 bits per heavy atom. The maximum Gasteiger partial charge on any atom is 0.264 e. The summed E-state index contributed by atoms with van der Waals surface area (Å²) in [6, 6.07) is 8.23. The fraction of sp³-hybridized carbons (Fsp3) is 0.350. The Morgan fingerprint density at radius 1 is 1.21 bits per heavy atom. The van der Waals surface area contributed by atoms with Crippen LogP contribution in [-0.4, -0.2) is 54.5 Å². The zero-order valence-electron chi connectivity index (χ0n) is 16.3. The second-order valence-electron chi connectivity index (χ2n) is 6.11. The lowest BCUT2D eigenvalue weighted by Gasteiger charge is -2.26. The summed E-state index contributed by atoms with van der Waals surface area (Å²) in [5, 5.41) is 2.99. The smallest absolute Gasteiger partial charge is 0.264 e. The van der Waals surface area contributed by atoms with Crippen molar-refractivity contribution in [1.29, 1.82) is 0 Å². The average Bonchev–Trinajstić information content (AvgIpc) is 2.97. The summed E-state index contributed by atoms with van der Waals surface area (Å²) >= 11 is 1.54. The second-order valence-corrected chi connectivity index (χ2v) is 7.02. The lowest BCUT2D eigenvalue weighted by atomic mass is 10.1. The number of hydrogen-bond donors (Lipinski definition) is 1. The molecule has 8 heteroatoms. The zero-order valence-corrected chi connectivity index (χ0v) is 17.1. The molecule has 0 fully saturated rings. The molecule has 0 bridgehead atoms. The van der Waals surface area contributed by atoms with Crippen LogP contribution in [0.3, 0.4) is 0 Å². The Bertz CT molecular complexity index is 903. The third-order valence-electron chi connectivity index (χ3n) is 4.54. The molecule has 1 N–H and O–H groups in total. The van der Waals surface area contributed by atoms with E-state index in [1.165, 1.54) is 16.7 Å². The normalized spacial score (nSPS) is 14.1. The highest BCUT2D eigenvalue weighted by molar-refractivity contribution is 7.98. The van der Waals surface area contributed by atoms with Crippen LogP contribution in [0, 0.1) is 0 Å². The van der Waals surface area contributed by atoms with Crippen molar-refractivity contribution in [3.8, 4) is 11.6 Å². The molecule has 0 saturated heterocycles. The fourth-order valence-electron chi connectivity index (χ4n) is 3.27. The third-order valence-corrected chi connectivity index (χ3v) is 5.19. The Labute approximate surface area is 168 Å². The van der Waals surface area contributed by atoms with Crippen molar-refractivity contribution in [3.05, 3.63) is 47.2 Å². The summed E-state index contributed by atoms with van der Waals surface area (Å²) in [7, 11) is 3.27. The number of rotatable bonds is 8. The first kappa shape index (κ1) is 20.0. The van der Waals surface area contributed by atoms with Gasteiger partial charge in [-0.2, -0.15) is 11.8 Å². The molecule has 148 valence electrons. The van der Waals surface area contributed by atoms with Crippen molar-refractivity contribution in [1.82, 2.24) is 9.88 Å². The number of thioether (sulfide) groups is 1. The van der Waals surface area contributed by atoms with Crippen LogP contribution in [0.25, 0.3) is 0 Å². The van der Waals surface area contributed by atoms with Crippen LogP contribution in [0.4, 0.5) is 5.69 Å². The third kappa shape index (κ3) is 3.40. The summed E-state index contributed by atoms with van der Waals surface area (Å²) in [4.78, 5) is 32.1. The largest absolute Gasteiger partial charge is 0.491 e. The first-order valence-electron chi connectivity index (χ1n) is 8.92. The molecule has 2 heterocycles. The standard InChI is InChI=1S/C20H23N3O4S/c1-5-27-18-16(26-3)10-9-13(22-18)15(11-28-4)23-19(24)12-7-6-8-14(21-2)17(12)20(23)25/h6-10,15,21H,5,11H2,1-4H3/t15-/m1/s1. The highest BCUT2D eigenvalue weighted by Crippen LogP contribution is 2.37. The molecule has 1 aliphatic rings. The van der Waals surface area contributed by atoms with Gasteiger partial charge >= 0.3 is 0 Å². The summed E-state index contributed by atoms with van der Waals surface area (Å²) in [6.45, 7) is 2.29. The minimum Gasteiger partial charge on any atom is -0.491 e. The monoisotopic (exact) mass is 401 g/mol. The molecule has 0 saturated carbocycles. The Balaban J connectivity index is 2.05. The lowest BCUT2D eigenvalue weighted by molar-refractivity contribution is 0.0595. The highest BCUT2D eigenvalue weighted by atomic mass is 32.2. The number of imide groups is 1. The van der Waals surface area contributed by atoms with Crippen molar-refractivity contribution in [2.24, 2.45) is 0 Å². The second kappa shape index (κ2) is 8.52. The summed E-state index contributed by atoms with van der Waals surface area (Å²) in [6.07, 6.45) is 1.93. The van der Waals surface area contributed by atoms with Gasteiger partial charge in [0, 0.05) is 18.5 Å². The number of carbonyl (C=O) groups excluding carboxylic acids is 2. The molecule has 1 atom stereocenters. The van der Waals surface area contributed by atoms with Crippen LogP contribution in [0.5, 0.6) is 11.6 Å². The summed E-state index contributed by atoms with van der Waals surface area (Å²) in [5.41, 5.74) is 2.03. The van der Waals surface area contributed by atoms with E-state index >= 15 is 0 Å². The van der Waals surface area contributed by atoms with Gasteiger partial charge in [-0.15, -0.1) is 0 Å². The van der Waals surface area contributed by atoms with Gasteiger partial charge < -0.3 is 14.8 Å². The number of carbonyl (C=O) groups is 2. The molecule has 0 radical (unpaired) electrons. The van der Waals surface area contributed by atoms with E-state index in [4.69, 9.17) is 9.47 Å². The molecule has 1 aromatic carbocycles. The van der Waals surface area contributed by atoms with Crippen LogP contribution in [0.2, 0.25) is 0 Å². The van der Waals surface area contributed by atoms with E-state index < -0.39 is 6.04 Å². The number of ether oxygens (including phenoxy) is 2. The number of aromatic nitrogens is 1. The maximum atomic E-state index is 13.2. The molecule has 2 aromatic rings. The Hall–Kier alpha value is -2.74. The van der Waals surface area contributed by atoms with Crippen molar-refractivity contribution >= 4 is 29.3 Å². The summed E-state index contributed by atoms with van der Waals surface area (Å²) < 4.78 is 10.9. The molecule has 7 nitrogen and oxygen atoms in total. The van der Waals surface area contributed by atoms with Gasteiger partial charge in [0.25, 0.3) is 17.7 Å². The van der Waals surface area contributed by atoms with Crippen molar-refractivity contribution in [2.75, 3.05) is 38.1 Å². The highest BCUT2D eigenvalue weighted by Gasteiger charge is 2.42. The van der Waals surface area contributed by atoms with E-state index in [1.54, 1.807) is 44.5 Å². The Morgan fingerprint density at radius 2 is 2.00 bits per heavy atom. The number of nitrogens with zero attached hydrogens (tertiary/aromatic N) is 2. The van der Waals surface area contributed by atoms with Crippen molar-refractivity contribution < 1.29 is 19.1 Å². The molecule has 28 heavy (non-hydrogen) atoms. The minimum absolute atomic E-state index is 0.313. The van der Waals surface area contributed by atoms with E-state index in [0.717, 1.165) is 0 Å². The van der Waals surface area contributed by atoms with Gasteiger partial charge in [0.2, 0.25) is 0 Å². The number of methoxy groups -OCH3 is 1. The van der Waals surface area contributed by atoms with Crippen molar-refractivity contribution in [3.63, 3.8) is 0 Å². The molecular weight excluding hydrogens is 378 g/mol. The van der Waals surface area contributed by atoms with Gasteiger partial charge in [-0.3, -0.25) is 14.5 Å². The molecule has 3 rings (SSSR count). The van der Waals surface area contributed by atoms with Gasteiger partial charge in [0.05, 0.1) is 36.6 Å². The van der Waals surface area contributed by atoms with Gasteiger partial charge in [-0.05, 0) is 37.4 Å². The number of amides is 2. The first-order chi connectivity index (χ1) is 13.6. The van der Waals surface area contributed by atoms with Crippen LogP contribution >= 0.6 is 11.8 Å². The van der Waals surface area contributed by atoms with Gasteiger partial charge in [-0.1, -0.05) is 6.07 Å². The number of fused-ring (bicyclic) bond motifs is 1.